The molecule has 8 N–H and O–H groups in total. The lowest BCUT2D eigenvalue weighted by Crippen LogP contribution is -2.42. The minimum Gasteiger partial charge on any atom is -0.508 e. The summed E-state index contributed by atoms with van der Waals surface area (Å²) in [6.45, 7) is 4.20. The van der Waals surface area contributed by atoms with Gasteiger partial charge < -0.3 is 64.3 Å². The van der Waals surface area contributed by atoms with Crippen LogP contribution in [0, 0.1) is 29.1 Å². The van der Waals surface area contributed by atoms with Crippen LogP contribution in [-0.2, 0) is 38.0 Å². The fraction of sp³-hybridized carbons (Fsp3) is 0.583. The van der Waals surface area contributed by atoms with E-state index in [4.69, 9.17) is 54.4 Å². The number of aliphatic hydroxyl groups excluding tert-OH is 2. The van der Waals surface area contributed by atoms with E-state index in [1.54, 1.807) is 30.5 Å². The number of nitrogens with two attached hydrogens (primary N) is 1. The van der Waals surface area contributed by atoms with Gasteiger partial charge >= 0.3 is 5.97 Å². The molecule has 2 aromatic rings. The zero-order chi connectivity index (χ0) is 42.7. The normalized spacial score (nSPS) is 16.9. The number of phenols is 1. The van der Waals surface area contributed by atoms with Crippen LogP contribution in [0.3, 0.4) is 0 Å². The monoisotopic (exact) mass is 845 g/mol. The Hall–Kier alpha value is -3.78. The van der Waals surface area contributed by atoms with Crippen LogP contribution in [0.5, 0.6) is 11.5 Å². The van der Waals surface area contributed by atoms with Crippen molar-refractivity contribution in [2.24, 2.45) is 5.73 Å². The number of esters is 1. The van der Waals surface area contributed by atoms with E-state index in [1.165, 1.54) is 0 Å². The Bertz CT molecular complexity index is 1450. The minimum absolute atomic E-state index is 0.0630. The molecule has 0 radical (unpaired) electrons. The van der Waals surface area contributed by atoms with Crippen LogP contribution in [0.15, 0.2) is 30.5 Å². The largest absolute Gasteiger partial charge is 0.508 e. The third kappa shape index (κ3) is 20.8. The van der Waals surface area contributed by atoms with Gasteiger partial charge in [-0.25, -0.2) is 13.2 Å². The van der Waals surface area contributed by atoms with E-state index in [0.717, 1.165) is 5.56 Å². The second-order valence-electron chi connectivity index (χ2n) is 12.1. The number of nitrogens with zero attached hydrogens (tertiary/aromatic N) is 1. The number of hydrogen-bond donors (Lipinski definition) is 7. The number of halogens is 5. The van der Waals surface area contributed by atoms with Gasteiger partial charge in [0, 0.05) is 19.2 Å². The summed E-state index contributed by atoms with van der Waals surface area (Å²) in [4.78, 5) is 11.6. The number of aliphatic hydroxyl groups is 2. The molecule has 1 heterocycles. The summed E-state index contributed by atoms with van der Waals surface area (Å²) in [5.74, 6) is -14.0. The highest BCUT2D eigenvalue weighted by atomic mass is 19.2. The number of phenolic OH excluding ortho intramolecular Hbond substituents is 1. The molecule has 1 aliphatic heterocycles. The third-order valence-electron chi connectivity index (χ3n) is 7.65. The molecule has 3 unspecified atom stereocenters. The molecule has 22 heteroatoms. The fourth-order valence-electron chi connectivity index (χ4n) is 4.55. The molecule has 1 saturated heterocycles. The third-order valence-corrected chi connectivity index (χ3v) is 7.65. The molecule has 0 aromatic heterocycles. The van der Waals surface area contributed by atoms with Crippen molar-refractivity contribution < 1.29 is 90.4 Å². The number of hydrogen-bond acceptors (Lipinski definition) is 17. The Balaban J connectivity index is 0.000000753. The fourth-order valence-corrected chi connectivity index (χ4v) is 4.55. The average Bonchev–Trinajstić information content (AvgIpc) is 3.20. The molecule has 17 nitrogen and oxygen atoms in total. The smallest absolute Gasteiger partial charge is 0.313 e. The van der Waals surface area contributed by atoms with Crippen molar-refractivity contribution in [2.45, 2.75) is 37.6 Å². The second-order valence-corrected chi connectivity index (χ2v) is 12.1. The number of rotatable bonds is 27. The summed E-state index contributed by atoms with van der Waals surface area (Å²) in [6.07, 6.45) is 0.114. The van der Waals surface area contributed by atoms with Crippen LogP contribution < -0.4 is 15.8 Å². The number of carbonyl (C=O) groups is 1. The van der Waals surface area contributed by atoms with E-state index in [0.29, 0.717) is 77.9 Å². The van der Waals surface area contributed by atoms with Crippen molar-refractivity contribution in [1.29, 1.82) is 0 Å². The van der Waals surface area contributed by atoms with Gasteiger partial charge in [-0.3, -0.25) is 15.2 Å². The van der Waals surface area contributed by atoms with E-state index in [-0.39, 0.29) is 56.7 Å². The molecule has 1 aliphatic rings. The number of nitrogens with one attached hydrogen (secondary N) is 1. The number of carbonyl (C=O) groups excluding carboxylic acids is 1. The lowest BCUT2D eigenvalue weighted by atomic mass is 10.0. The first-order chi connectivity index (χ1) is 27.8. The summed E-state index contributed by atoms with van der Waals surface area (Å²) >= 11 is 0. The lowest BCUT2D eigenvalue weighted by Gasteiger charge is -2.30. The summed E-state index contributed by atoms with van der Waals surface area (Å²) < 4.78 is 108. The van der Waals surface area contributed by atoms with Gasteiger partial charge in [0.15, 0.2) is 0 Å². The number of aromatic hydroxyl groups is 1. The van der Waals surface area contributed by atoms with Gasteiger partial charge in [0.2, 0.25) is 34.8 Å². The summed E-state index contributed by atoms with van der Waals surface area (Å²) in [5.41, 5.74) is 7.29. The summed E-state index contributed by atoms with van der Waals surface area (Å²) in [6, 6.07) is 6.57. The predicted octanol–water partition coefficient (Wildman–Crippen LogP) is 2.00. The lowest BCUT2D eigenvalue weighted by molar-refractivity contribution is -0.309. The highest BCUT2D eigenvalue weighted by Crippen LogP contribution is 2.29. The second kappa shape index (κ2) is 29.4. The number of ether oxygens (including phenoxy) is 8. The van der Waals surface area contributed by atoms with E-state index in [1.807, 2.05) is 0 Å². The molecule has 0 amide bonds. The molecule has 2 aromatic carbocycles. The molecule has 0 spiro atoms. The molecule has 58 heavy (non-hydrogen) atoms. The van der Waals surface area contributed by atoms with Crippen LogP contribution in [-0.4, -0.2) is 154 Å². The molecule has 3 atom stereocenters. The van der Waals surface area contributed by atoms with E-state index in [2.05, 4.69) is 10.1 Å². The zero-order valence-corrected chi connectivity index (χ0v) is 31.7. The first-order valence-corrected chi connectivity index (χ1v) is 18.1. The molecule has 3 rings (SSSR count). The van der Waals surface area contributed by atoms with Gasteiger partial charge in [-0.05, 0) is 36.2 Å². The van der Waals surface area contributed by atoms with E-state index in [9.17, 15) is 37.0 Å². The maximum absolute atomic E-state index is 13.5. The Morgan fingerprint density at radius 1 is 0.741 bits per heavy atom. The van der Waals surface area contributed by atoms with E-state index >= 15 is 0 Å². The van der Waals surface area contributed by atoms with Crippen molar-refractivity contribution in [3.8, 4) is 11.5 Å². The van der Waals surface area contributed by atoms with Crippen LogP contribution in [0.1, 0.15) is 24.8 Å². The van der Waals surface area contributed by atoms with Gasteiger partial charge in [-0.15, -0.1) is 0 Å². The minimum atomic E-state index is -2.35. The molecule has 1 fully saturated rings. The van der Waals surface area contributed by atoms with E-state index < -0.39 is 59.4 Å². The van der Waals surface area contributed by atoms with Crippen LogP contribution in [0.4, 0.5) is 22.0 Å². The summed E-state index contributed by atoms with van der Waals surface area (Å²) in [5, 5.41) is 47.6. The zero-order valence-electron chi connectivity index (χ0n) is 31.7. The Morgan fingerprint density at radius 3 is 1.69 bits per heavy atom. The average molecular weight is 846 g/mol. The quantitative estimate of drug-likeness (QED) is 0.0130. The van der Waals surface area contributed by atoms with Crippen molar-refractivity contribution in [3.05, 3.63) is 65.1 Å². The molecular formula is C36H52F5N3O14. The standard InChI is InChI=1S/C29H37F5N2O9.C7H15NO5/c30-24-25(31)27(33)29(28(34)26(24)32)45-23(38)5-7-39-9-11-41-13-15-43-17-18-44-16-14-42-12-10-40-8-6-36-19-22(35)20-1-3-21(37)4-2-20;9-6-3-5(1-2-8(11)12)13-4-7(6)10/h1-4,19,36-37H,5-18,35H2;5-7,9-12H,1-4H2/b22-19-;. The van der Waals surface area contributed by atoms with Gasteiger partial charge in [0.25, 0.3) is 0 Å². The van der Waals surface area contributed by atoms with Gasteiger partial charge in [0.1, 0.15) is 11.9 Å². The van der Waals surface area contributed by atoms with Crippen molar-refractivity contribution in [3.63, 3.8) is 0 Å². The first-order valence-electron chi connectivity index (χ1n) is 18.1. The van der Waals surface area contributed by atoms with Crippen molar-refractivity contribution >= 4 is 11.7 Å². The maximum Gasteiger partial charge on any atom is 0.313 e. The first kappa shape index (κ1) is 50.4. The van der Waals surface area contributed by atoms with Crippen molar-refractivity contribution in [2.75, 3.05) is 99.0 Å². The van der Waals surface area contributed by atoms with Crippen LogP contribution in [0.2, 0.25) is 0 Å². The molecule has 0 bridgehead atoms. The molecule has 0 saturated carbocycles. The molecule has 330 valence electrons. The Morgan fingerprint density at radius 2 is 1.21 bits per heavy atom. The van der Waals surface area contributed by atoms with Crippen molar-refractivity contribution in [1.82, 2.24) is 10.5 Å². The maximum atomic E-state index is 13.5. The Kier molecular flexibility index (Phi) is 25.6. The van der Waals surface area contributed by atoms with Crippen LogP contribution >= 0.6 is 0 Å². The highest BCUT2D eigenvalue weighted by molar-refractivity contribution is 5.72. The number of benzene rings is 2. The van der Waals surface area contributed by atoms with Gasteiger partial charge in [0.05, 0.1) is 117 Å². The topological polar surface area (TPSA) is 233 Å². The molecular weight excluding hydrogens is 793 g/mol. The van der Waals surface area contributed by atoms with Gasteiger partial charge in [-0.1, -0.05) is 5.23 Å². The summed E-state index contributed by atoms with van der Waals surface area (Å²) in [7, 11) is 0. The van der Waals surface area contributed by atoms with Crippen LogP contribution in [0.25, 0.3) is 5.70 Å². The highest BCUT2D eigenvalue weighted by Gasteiger charge is 2.29. The Labute approximate surface area is 331 Å². The number of hydroxylamine groups is 2. The van der Waals surface area contributed by atoms with Gasteiger partial charge in [-0.2, -0.15) is 8.78 Å². The SMILES string of the molecule is N/C(=C\NCCOCCOCCOCCOCCOCCOCCC(=O)Oc1c(F)c(F)c(F)c(F)c1F)c1ccc(O)cc1.OC1COC(CCN(O)O)CC1O. The predicted molar refractivity (Wildman–Crippen MR) is 191 cm³/mol. The molecule has 0 aliphatic carbocycles.